The summed E-state index contributed by atoms with van der Waals surface area (Å²) < 4.78 is 17.0. The van der Waals surface area contributed by atoms with Crippen molar-refractivity contribution in [2.45, 2.75) is 20.3 Å². The van der Waals surface area contributed by atoms with Crippen LogP contribution in [0.15, 0.2) is 81.6 Å². The summed E-state index contributed by atoms with van der Waals surface area (Å²) in [6.45, 7) is 1.93. The molecule has 4 aromatic rings. The monoisotopic (exact) mass is 453 g/mol. The van der Waals surface area contributed by atoms with Gasteiger partial charge >= 0.3 is 5.63 Å². The van der Waals surface area contributed by atoms with Gasteiger partial charge in [-0.15, -0.1) is 0 Å². The Morgan fingerprint density at radius 3 is 2.71 bits per heavy atom. The van der Waals surface area contributed by atoms with Crippen LogP contribution in [0.3, 0.4) is 0 Å². The van der Waals surface area contributed by atoms with Crippen LogP contribution in [0.25, 0.3) is 22.1 Å². The lowest BCUT2D eigenvalue weighted by molar-refractivity contribution is 0.388. The minimum atomic E-state index is -0.763. The van der Waals surface area contributed by atoms with Crippen LogP contribution in [-0.2, 0) is 0 Å². The number of aromatic nitrogens is 1. The first-order valence-corrected chi connectivity index (χ1v) is 10.2. The highest BCUT2D eigenvalue weighted by atomic mass is 16.5. The molecule has 0 amide bonds. The molecule has 5 rings (SSSR count). The zero-order valence-electron chi connectivity index (χ0n) is 18.0. The van der Waals surface area contributed by atoms with Crippen molar-refractivity contribution in [2.75, 3.05) is 7.11 Å². The zero-order chi connectivity index (χ0) is 23.1. The van der Waals surface area contributed by atoms with Crippen molar-refractivity contribution in [3.63, 3.8) is 0 Å². The number of rotatable bonds is 3. The second-order valence-electron chi connectivity index (χ2n) is 7.76. The highest BCUT2D eigenvalue weighted by Crippen LogP contribution is 2.45. The quantitative estimate of drug-likeness (QED) is 0.433. The Morgan fingerprint density at radius 2 is 2.00 bits per heavy atom. The van der Waals surface area contributed by atoms with Gasteiger partial charge in [0.15, 0.2) is 5.75 Å². The van der Waals surface area contributed by atoms with E-state index in [0.29, 0.717) is 28.0 Å². The first kappa shape index (κ1) is 22.6. The van der Waals surface area contributed by atoms with E-state index in [-0.39, 0.29) is 24.4 Å². The summed E-state index contributed by atoms with van der Waals surface area (Å²) in [4.78, 5) is 17.3. The van der Waals surface area contributed by atoms with E-state index in [2.05, 4.69) is 11.1 Å². The fraction of sp³-hybridized carbons (Fsp3) is 0.148. The molecule has 0 aliphatic carbocycles. The molecule has 2 N–H and O–H groups in total. The summed E-state index contributed by atoms with van der Waals surface area (Å²) in [5.41, 5.74) is 9.63. The summed E-state index contributed by atoms with van der Waals surface area (Å²) in [6.07, 6.45) is 3.41. The van der Waals surface area contributed by atoms with Crippen molar-refractivity contribution in [2.24, 2.45) is 5.73 Å². The average molecular weight is 453 g/mol. The van der Waals surface area contributed by atoms with Gasteiger partial charge in [0, 0.05) is 23.5 Å². The summed E-state index contributed by atoms with van der Waals surface area (Å²) in [5, 5.41) is 10.5. The van der Waals surface area contributed by atoms with Crippen molar-refractivity contribution in [3.05, 3.63) is 99.5 Å². The Balaban J connectivity index is 0.00000274. The maximum Gasteiger partial charge on any atom is 0.344 e. The number of nitrogens with two attached hydrogens (primary N) is 1. The van der Waals surface area contributed by atoms with Crippen molar-refractivity contribution < 1.29 is 13.9 Å². The molecular weight excluding hydrogens is 430 g/mol. The third-order valence-corrected chi connectivity index (χ3v) is 5.75. The molecule has 0 fully saturated rings. The third kappa shape index (κ3) is 3.55. The fourth-order valence-electron chi connectivity index (χ4n) is 4.22. The molecule has 7 nitrogen and oxygen atoms in total. The SMILES string of the molecule is C.COc1ccc(C2C(C#N)=C(N)Oc3c2c(=O)oc2ccc(C)cc32)cc1-c1cccnc1. The number of fused-ring (bicyclic) bond motifs is 3. The van der Waals surface area contributed by atoms with Crippen LogP contribution in [-0.4, -0.2) is 12.1 Å². The number of hydrogen-bond donors (Lipinski definition) is 1. The van der Waals surface area contributed by atoms with Crippen LogP contribution in [0.4, 0.5) is 0 Å². The lowest BCUT2D eigenvalue weighted by Gasteiger charge is -2.26. The molecule has 0 saturated heterocycles. The average Bonchev–Trinajstić information content (AvgIpc) is 2.84. The summed E-state index contributed by atoms with van der Waals surface area (Å²) in [5.74, 6) is 0.143. The maximum absolute atomic E-state index is 13.1. The molecule has 2 aromatic heterocycles. The molecule has 3 heterocycles. The van der Waals surface area contributed by atoms with Crippen LogP contribution < -0.4 is 20.8 Å². The molecule has 1 atom stereocenters. The topological polar surface area (TPSA) is 111 Å². The van der Waals surface area contributed by atoms with E-state index in [1.54, 1.807) is 31.6 Å². The molecule has 2 aromatic carbocycles. The van der Waals surface area contributed by atoms with Gasteiger partial charge in [0.25, 0.3) is 0 Å². The van der Waals surface area contributed by atoms with Crippen LogP contribution in [0, 0.1) is 18.3 Å². The number of ether oxygens (including phenoxy) is 2. The Labute approximate surface area is 196 Å². The van der Waals surface area contributed by atoms with Gasteiger partial charge in [-0.25, -0.2) is 4.79 Å². The first-order valence-electron chi connectivity index (χ1n) is 10.2. The maximum atomic E-state index is 13.1. The van der Waals surface area contributed by atoms with Crippen LogP contribution >= 0.6 is 0 Å². The fourth-order valence-corrected chi connectivity index (χ4v) is 4.22. The zero-order valence-corrected chi connectivity index (χ0v) is 18.0. The van der Waals surface area contributed by atoms with Gasteiger partial charge in [0.2, 0.25) is 5.88 Å². The van der Waals surface area contributed by atoms with Gasteiger partial charge in [-0.3, -0.25) is 4.98 Å². The van der Waals surface area contributed by atoms with Gasteiger partial charge < -0.3 is 19.6 Å². The number of hydrogen-bond acceptors (Lipinski definition) is 7. The molecule has 0 spiro atoms. The van der Waals surface area contributed by atoms with Crippen LogP contribution in [0.1, 0.15) is 30.0 Å². The van der Waals surface area contributed by atoms with Crippen molar-refractivity contribution >= 4 is 11.0 Å². The van der Waals surface area contributed by atoms with E-state index in [4.69, 9.17) is 19.6 Å². The van der Waals surface area contributed by atoms with Crippen LogP contribution in [0.2, 0.25) is 0 Å². The molecule has 0 bridgehead atoms. The number of pyridine rings is 1. The number of benzene rings is 2. The molecule has 1 aliphatic heterocycles. The molecule has 0 saturated carbocycles. The van der Waals surface area contributed by atoms with Gasteiger partial charge in [-0.2, -0.15) is 5.26 Å². The van der Waals surface area contributed by atoms with Gasteiger partial charge in [-0.05, 0) is 42.8 Å². The van der Waals surface area contributed by atoms with E-state index in [0.717, 1.165) is 16.7 Å². The smallest absolute Gasteiger partial charge is 0.344 e. The highest BCUT2D eigenvalue weighted by molar-refractivity contribution is 5.86. The summed E-state index contributed by atoms with van der Waals surface area (Å²) in [6, 6.07) is 16.8. The third-order valence-electron chi connectivity index (χ3n) is 5.75. The molecule has 1 aliphatic rings. The Hall–Kier alpha value is -4.57. The normalized spacial score (nSPS) is 14.6. The van der Waals surface area contributed by atoms with Gasteiger partial charge in [0.1, 0.15) is 23.0 Å². The Morgan fingerprint density at radius 1 is 1.18 bits per heavy atom. The van der Waals surface area contributed by atoms with E-state index < -0.39 is 11.5 Å². The van der Waals surface area contributed by atoms with Crippen molar-refractivity contribution in [3.8, 4) is 28.7 Å². The number of nitrogens with zero attached hydrogens (tertiary/aromatic N) is 2. The van der Waals surface area contributed by atoms with E-state index in [9.17, 15) is 10.1 Å². The predicted molar refractivity (Wildman–Crippen MR) is 129 cm³/mol. The van der Waals surface area contributed by atoms with E-state index >= 15 is 0 Å². The molecule has 7 heteroatoms. The van der Waals surface area contributed by atoms with Crippen molar-refractivity contribution in [1.29, 1.82) is 5.26 Å². The molecule has 1 unspecified atom stereocenters. The first-order chi connectivity index (χ1) is 16.0. The van der Waals surface area contributed by atoms with Gasteiger partial charge in [0.05, 0.1) is 24.0 Å². The molecule has 0 radical (unpaired) electrons. The lowest BCUT2D eigenvalue weighted by Crippen LogP contribution is -2.26. The highest BCUT2D eigenvalue weighted by Gasteiger charge is 2.36. The molecular formula is C27H23N3O4. The summed E-state index contributed by atoms with van der Waals surface area (Å²) in [7, 11) is 1.58. The second-order valence-corrected chi connectivity index (χ2v) is 7.76. The van der Waals surface area contributed by atoms with Gasteiger partial charge in [-0.1, -0.05) is 31.2 Å². The minimum absolute atomic E-state index is 0. The van der Waals surface area contributed by atoms with Crippen LogP contribution in [0.5, 0.6) is 11.5 Å². The largest absolute Gasteiger partial charge is 0.496 e. The standard InChI is InChI=1S/C26H19N3O4.CH4/c1-14-5-7-21-18(10-14)24-23(26(30)32-21)22(19(12-27)25(28)33-24)15-6-8-20(31-2)17(11-15)16-4-3-9-29-13-16;/h3-11,13,22H,28H2,1-2H3;1H4. The Kier molecular flexibility index (Phi) is 5.82. The Bertz CT molecular complexity index is 1530. The van der Waals surface area contributed by atoms with Crippen molar-refractivity contribution in [1.82, 2.24) is 4.98 Å². The number of aryl methyl sites for hydroxylation is 1. The number of allylic oxidation sites excluding steroid dienone is 1. The van der Waals surface area contributed by atoms with E-state index in [1.807, 2.05) is 43.3 Å². The number of methoxy groups -OCH3 is 1. The molecule has 34 heavy (non-hydrogen) atoms. The number of nitriles is 1. The summed E-state index contributed by atoms with van der Waals surface area (Å²) >= 11 is 0. The lowest BCUT2D eigenvalue weighted by atomic mass is 9.82. The second kappa shape index (κ2) is 8.75. The van der Waals surface area contributed by atoms with E-state index in [1.165, 1.54) is 0 Å². The minimum Gasteiger partial charge on any atom is -0.496 e. The molecule has 170 valence electrons. The predicted octanol–water partition coefficient (Wildman–Crippen LogP) is 5.03.